The van der Waals surface area contributed by atoms with E-state index in [1.807, 2.05) is 66.7 Å². The van der Waals surface area contributed by atoms with Crippen LogP contribution in [0.4, 0.5) is 17.1 Å². The summed E-state index contributed by atoms with van der Waals surface area (Å²) >= 11 is 0. The molecule has 0 saturated heterocycles. The predicted octanol–water partition coefficient (Wildman–Crippen LogP) is 15.2. The average molecular weight is 795 g/mol. The zero-order chi connectivity index (χ0) is 41.2. The first-order valence-corrected chi connectivity index (χ1v) is 20.8. The fourth-order valence-corrected chi connectivity index (χ4v) is 8.33. The highest BCUT2D eigenvalue weighted by Crippen LogP contribution is 2.42. The number of hydrogen-bond donors (Lipinski definition) is 0. The van der Waals surface area contributed by atoms with Gasteiger partial charge in [0.2, 0.25) is 0 Å². The molecule has 2 aromatic heterocycles. The van der Waals surface area contributed by atoms with E-state index in [1.54, 1.807) is 0 Å². The molecular weight excluding hydrogens is 757 g/mol. The average Bonchev–Trinajstić information content (AvgIpc) is 3.74. The standard InChI is InChI=1S/C57H38N4O/c1-5-16-39(17-6-1)40-28-30-41(31-29-40)42-32-34-46(35-33-42)61(45-22-11-4-12-23-45)47-36-37-50-53(38-47)62-52-27-15-26-51(54(50)52)57-59-55(44-20-9-3-10-21-44)58-56(60-57)49-25-14-13-24-48(49)43-18-7-2-8-19-43/h1-38H. The maximum Gasteiger partial charge on any atom is 0.164 e. The molecule has 0 N–H and O–H groups in total. The van der Waals surface area contributed by atoms with Gasteiger partial charge in [-0.05, 0) is 75.8 Å². The third kappa shape index (κ3) is 6.97. The first-order chi connectivity index (χ1) is 30.7. The molecule has 0 saturated carbocycles. The maximum absolute atomic E-state index is 6.70. The molecule has 0 aliphatic carbocycles. The van der Waals surface area contributed by atoms with E-state index in [-0.39, 0.29) is 0 Å². The van der Waals surface area contributed by atoms with Gasteiger partial charge in [0.15, 0.2) is 17.5 Å². The van der Waals surface area contributed by atoms with Crippen molar-refractivity contribution in [3.63, 3.8) is 0 Å². The number of nitrogens with zero attached hydrogens (tertiary/aromatic N) is 4. The quantitative estimate of drug-likeness (QED) is 0.146. The largest absolute Gasteiger partial charge is 0.456 e. The van der Waals surface area contributed by atoms with Gasteiger partial charge >= 0.3 is 0 Å². The Balaban J connectivity index is 1.00. The Labute approximate surface area is 359 Å². The van der Waals surface area contributed by atoms with Crippen LogP contribution >= 0.6 is 0 Å². The third-order valence-corrected chi connectivity index (χ3v) is 11.4. The van der Waals surface area contributed by atoms with Crippen molar-refractivity contribution in [3.05, 3.63) is 231 Å². The number of anilines is 3. The molecule has 5 heteroatoms. The van der Waals surface area contributed by atoms with E-state index < -0.39 is 0 Å². The lowest BCUT2D eigenvalue weighted by molar-refractivity contribution is 0.669. The van der Waals surface area contributed by atoms with E-state index in [0.717, 1.165) is 72.4 Å². The van der Waals surface area contributed by atoms with Gasteiger partial charge in [-0.1, -0.05) is 182 Å². The molecular formula is C57H38N4O. The summed E-state index contributed by atoms with van der Waals surface area (Å²) in [4.78, 5) is 17.7. The van der Waals surface area contributed by atoms with E-state index in [9.17, 15) is 0 Å². The normalized spacial score (nSPS) is 11.2. The van der Waals surface area contributed by atoms with Crippen molar-refractivity contribution in [2.75, 3.05) is 4.90 Å². The van der Waals surface area contributed by atoms with E-state index in [0.29, 0.717) is 17.5 Å². The van der Waals surface area contributed by atoms with Gasteiger partial charge < -0.3 is 9.32 Å². The zero-order valence-electron chi connectivity index (χ0n) is 33.6. The molecule has 0 unspecified atom stereocenters. The Morgan fingerprint density at radius 3 is 1.39 bits per heavy atom. The highest BCUT2D eigenvalue weighted by atomic mass is 16.3. The first kappa shape index (κ1) is 36.7. The number of para-hydroxylation sites is 1. The van der Waals surface area contributed by atoms with Crippen molar-refractivity contribution in [2.24, 2.45) is 0 Å². The molecule has 62 heavy (non-hydrogen) atoms. The monoisotopic (exact) mass is 794 g/mol. The molecule has 0 aliphatic rings. The van der Waals surface area contributed by atoms with Crippen LogP contribution in [-0.4, -0.2) is 15.0 Å². The fraction of sp³-hybridized carbons (Fsp3) is 0. The van der Waals surface area contributed by atoms with Gasteiger partial charge in [-0.25, -0.2) is 15.0 Å². The van der Waals surface area contributed by atoms with Crippen LogP contribution in [0.2, 0.25) is 0 Å². The van der Waals surface area contributed by atoms with Crippen molar-refractivity contribution < 1.29 is 4.42 Å². The number of fused-ring (bicyclic) bond motifs is 3. The molecule has 2 heterocycles. The van der Waals surface area contributed by atoms with Crippen molar-refractivity contribution >= 4 is 39.0 Å². The summed E-state index contributed by atoms with van der Waals surface area (Å²) in [5, 5.41) is 1.94. The van der Waals surface area contributed by atoms with Crippen molar-refractivity contribution in [1.29, 1.82) is 0 Å². The Bertz CT molecular complexity index is 3310. The lowest BCUT2D eigenvalue weighted by atomic mass is 9.99. The SMILES string of the molecule is c1ccc(-c2ccc(-c3ccc(N(c4ccccc4)c4ccc5c(c4)oc4cccc(-c6nc(-c7ccccc7)nc(-c7ccccc7-c7ccccc7)n6)c45)cc3)cc2)cc1. The lowest BCUT2D eigenvalue weighted by Gasteiger charge is -2.25. The van der Waals surface area contributed by atoms with Gasteiger partial charge in [-0.3, -0.25) is 0 Å². The number of rotatable bonds is 9. The second-order valence-corrected chi connectivity index (χ2v) is 15.2. The minimum absolute atomic E-state index is 0.579. The number of furan rings is 1. The summed E-state index contributed by atoms with van der Waals surface area (Å²) < 4.78 is 6.70. The van der Waals surface area contributed by atoms with E-state index in [1.165, 1.54) is 16.7 Å². The number of aromatic nitrogens is 3. The third-order valence-electron chi connectivity index (χ3n) is 11.4. The van der Waals surface area contributed by atoms with Gasteiger partial charge in [0.05, 0.1) is 0 Å². The van der Waals surface area contributed by atoms with Gasteiger partial charge in [0, 0.05) is 50.6 Å². The minimum Gasteiger partial charge on any atom is -0.456 e. The molecule has 0 spiro atoms. The molecule has 11 aromatic rings. The van der Waals surface area contributed by atoms with Crippen LogP contribution in [0, 0.1) is 0 Å². The molecule has 9 aromatic carbocycles. The molecule has 0 fully saturated rings. The van der Waals surface area contributed by atoms with Gasteiger partial charge in [-0.15, -0.1) is 0 Å². The Hall–Kier alpha value is -8.41. The summed E-state index contributed by atoms with van der Waals surface area (Å²) in [6, 6.07) is 79.8. The predicted molar refractivity (Wildman–Crippen MR) is 254 cm³/mol. The second-order valence-electron chi connectivity index (χ2n) is 15.2. The molecule has 0 bridgehead atoms. The van der Waals surface area contributed by atoms with Crippen LogP contribution in [0.5, 0.6) is 0 Å². The molecule has 0 aliphatic heterocycles. The molecule has 0 amide bonds. The number of hydrogen-bond acceptors (Lipinski definition) is 5. The first-order valence-electron chi connectivity index (χ1n) is 20.8. The van der Waals surface area contributed by atoms with Crippen molar-refractivity contribution in [3.8, 4) is 67.5 Å². The number of benzene rings is 9. The summed E-state index contributed by atoms with van der Waals surface area (Å²) in [5.41, 5.74) is 14.2. The van der Waals surface area contributed by atoms with Crippen molar-refractivity contribution in [2.45, 2.75) is 0 Å². The van der Waals surface area contributed by atoms with Gasteiger partial charge in [0.25, 0.3) is 0 Å². The summed E-state index contributed by atoms with van der Waals surface area (Å²) in [6.07, 6.45) is 0. The van der Waals surface area contributed by atoms with Crippen LogP contribution < -0.4 is 4.90 Å². The van der Waals surface area contributed by atoms with Crippen LogP contribution in [0.3, 0.4) is 0 Å². The molecule has 5 nitrogen and oxygen atoms in total. The van der Waals surface area contributed by atoms with Gasteiger partial charge in [0.1, 0.15) is 11.2 Å². The smallest absolute Gasteiger partial charge is 0.164 e. The lowest BCUT2D eigenvalue weighted by Crippen LogP contribution is -2.09. The van der Waals surface area contributed by atoms with Crippen molar-refractivity contribution in [1.82, 2.24) is 15.0 Å². The van der Waals surface area contributed by atoms with Crippen LogP contribution in [-0.2, 0) is 0 Å². The van der Waals surface area contributed by atoms with E-state index in [4.69, 9.17) is 19.4 Å². The maximum atomic E-state index is 6.70. The highest BCUT2D eigenvalue weighted by molar-refractivity contribution is 6.12. The van der Waals surface area contributed by atoms with Crippen LogP contribution in [0.25, 0.3) is 89.5 Å². The summed E-state index contributed by atoms with van der Waals surface area (Å²) in [6.45, 7) is 0. The molecule has 0 atom stereocenters. The molecule has 292 valence electrons. The molecule has 0 radical (unpaired) electrons. The summed E-state index contributed by atoms with van der Waals surface area (Å²) in [7, 11) is 0. The Morgan fingerprint density at radius 1 is 0.290 bits per heavy atom. The molecule has 11 rings (SSSR count). The van der Waals surface area contributed by atoms with Crippen LogP contribution in [0.1, 0.15) is 0 Å². The van der Waals surface area contributed by atoms with E-state index in [2.05, 4.69) is 169 Å². The Kier molecular flexibility index (Phi) is 9.45. The zero-order valence-corrected chi connectivity index (χ0v) is 33.6. The second kappa shape index (κ2) is 16.0. The Morgan fingerprint density at radius 2 is 0.742 bits per heavy atom. The highest BCUT2D eigenvalue weighted by Gasteiger charge is 2.21. The summed E-state index contributed by atoms with van der Waals surface area (Å²) in [5.74, 6) is 1.79. The van der Waals surface area contributed by atoms with E-state index >= 15 is 0 Å². The van der Waals surface area contributed by atoms with Gasteiger partial charge in [-0.2, -0.15) is 0 Å². The van der Waals surface area contributed by atoms with Crippen LogP contribution in [0.15, 0.2) is 235 Å². The minimum atomic E-state index is 0.579. The topological polar surface area (TPSA) is 55.1 Å². The fourth-order valence-electron chi connectivity index (χ4n) is 8.33.